The Labute approximate surface area is 135 Å². The Balaban J connectivity index is 2.19. The average Bonchev–Trinajstić information content (AvgIpc) is 2.46. The van der Waals surface area contributed by atoms with Gasteiger partial charge in [0.1, 0.15) is 0 Å². The van der Waals surface area contributed by atoms with Crippen LogP contribution in [0.2, 0.25) is 0 Å². The molecule has 22 heavy (non-hydrogen) atoms. The highest BCUT2D eigenvalue weighted by Crippen LogP contribution is 2.12. The fourth-order valence-electron chi connectivity index (χ4n) is 2.34. The molecule has 0 saturated carbocycles. The summed E-state index contributed by atoms with van der Waals surface area (Å²) in [6, 6.07) is 7.81. The predicted molar refractivity (Wildman–Crippen MR) is 92.2 cm³/mol. The lowest BCUT2D eigenvalue weighted by molar-refractivity contribution is 0.101. The van der Waals surface area contributed by atoms with Gasteiger partial charge in [-0.15, -0.1) is 0 Å². The molecule has 1 aromatic carbocycles. The molecule has 0 N–H and O–H groups in total. The van der Waals surface area contributed by atoms with E-state index in [0.29, 0.717) is 5.75 Å². The van der Waals surface area contributed by atoms with Crippen molar-refractivity contribution in [1.29, 1.82) is 0 Å². The summed E-state index contributed by atoms with van der Waals surface area (Å²) in [6.07, 6.45) is 5.97. The number of carbonyl (C=O) groups is 1. The molecule has 0 atom stereocenters. The van der Waals surface area contributed by atoms with Crippen LogP contribution in [0.4, 0.5) is 0 Å². The summed E-state index contributed by atoms with van der Waals surface area (Å²) in [4.78, 5) is 11.3. The molecule has 0 aliphatic heterocycles. The summed E-state index contributed by atoms with van der Waals surface area (Å²) < 4.78 is 23.3. The van der Waals surface area contributed by atoms with Crippen molar-refractivity contribution in [1.82, 2.24) is 0 Å². The van der Waals surface area contributed by atoms with E-state index in [4.69, 9.17) is 0 Å². The van der Waals surface area contributed by atoms with Gasteiger partial charge in [0.2, 0.25) is 0 Å². The summed E-state index contributed by atoms with van der Waals surface area (Å²) in [6.45, 7) is 5.07. The fraction of sp³-hybridized carbons (Fsp3) is 0.611. The molecule has 0 bridgehead atoms. The van der Waals surface area contributed by atoms with Gasteiger partial charge >= 0.3 is 0 Å². The Kier molecular flexibility index (Phi) is 7.80. The van der Waals surface area contributed by atoms with Gasteiger partial charge in [0.05, 0.1) is 11.0 Å². The maximum atomic E-state index is 11.7. The van der Waals surface area contributed by atoms with Crippen molar-refractivity contribution in [2.24, 2.45) is 0 Å². The minimum Gasteiger partial charge on any atom is -0.295 e. The maximum absolute atomic E-state index is 11.7. The largest absolute Gasteiger partial charge is 0.295 e. The zero-order chi connectivity index (χ0) is 16.6. The maximum Gasteiger partial charge on any atom is 0.159 e. The Bertz CT molecular complexity index is 574. The first kappa shape index (κ1) is 18.9. The van der Waals surface area contributed by atoms with Gasteiger partial charge in [-0.2, -0.15) is 0 Å². The molecule has 0 unspecified atom stereocenters. The predicted octanol–water partition coefficient (Wildman–Crippen LogP) is 4.21. The van der Waals surface area contributed by atoms with Crippen molar-refractivity contribution in [2.45, 2.75) is 64.5 Å². The van der Waals surface area contributed by atoms with Crippen molar-refractivity contribution < 1.29 is 13.2 Å². The number of hydrogen-bond donors (Lipinski definition) is 0. The normalized spacial score (nSPS) is 11.8. The van der Waals surface area contributed by atoms with E-state index in [1.54, 1.807) is 20.8 Å². The van der Waals surface area contributed by atoms with Crippen molar-refractivity contribution in [3.63, 3.8) is 0 Å². The molecule has 0 aliphatic carbocycles. The quantitative estimate of drug-likeness (QED) is 0.478. The lowest BCUT2D eigenvalue weighted by Gasteiger charge is -2.07. The monoisotopic (exact) mass is 324 g/mol. The number of unbranched alkanes of at least 4 members (excludes halogenated alkanes) is 4. The zero-order valence-corrected chi connectivity index (χ0v) is 14.8. The van der Waals surface area contributed by atoms with Gasteiger partial charge in [-0.1, -0.05) is 37.5 Å². The van der Waals surface area contributed by atoms with E-state index in [0.717, 1.165) is 44.1 Å². The highest BCUT2D eigenvalue weighted by atomic mass is 32.2. The molecule has 4 heteroatoms. The molecular weight excluding hydrogens is 296 g/mol. The molecule has 0 spiro atoms. The fourth-order valence-corrected chi connectivity index (χ4v) is 3.42. The van der Waals surface area contributed by atoms with Crippen molar-refractivity contribution in [2.75, 3.05) is 5.75 Å². The van der Waals surface area contributed by atoms with Crippen molar-refractivity contribution in [3.05, 3.63) is 35.4 Å². The molecule has 1 aromatic rings. The lowest BCUT2D eigenvalue weighted by atomic mass is 10.0. The number of benzene rings is 1. The molecular formula is C18H28O3S. The van der Waals surface area contributed by atoms with Crippen LogP contribution < -0.4 is 0 Å². The molecule has 0 aliphatic rings. The highest BCUT2D eigenvalue weighted by Gasteiger charge is 2.14. The molecule has 124 valence electrons. The topological polar surface area (TPSA) is 51.2 Å². The van der Waals surface area contributed by atoms with E-state index in [1.165, 1.54) is 5.56 Å². The summed E-state index contributed by atoms with van der Waals surface area (Å²) in [7, 11) is -2.88. The number of ketones is 1. The first-order chi connectivity index (χ1) is 10.3. The van der Waals surface area contributed by atoms with Crippen LogP contribution in [0.1, 0.15) is 68.8 Å². The van der Waals surface area contributed by atoms with Gasteiger partial charge in [0.25, 0.3) is 0 Å². The number of Topliss-reactive ketones (excluding diaryl/α,β-unsaturated/α-hetero) is 1. The Hall–Kier alpha value is -1.16. The smallest absolute Gasteiger partial charge is 0.159 e. The molecule has 3 nitrogen and oxygen atoms in total. The van der Waals surface area contributed by atoms with Crippen LogP contribution in [0.5, 0.6) is 0 Å². The van der Waals surface area contributed by atoms with Crippen LogP contribution in [-0.4, -0.2) is 25.2 Å². The third kappa shape index (κ3) is 6.73. The molecule has 0 amide bonds. The Morgan fingerprint density at radius 1 is 1.05 bits per heavy atom. The number of carbonyl (C=O) groups excluding carboxylic acids is 1. The zero-order valence-electron chi connectivity index (χ0n) is 14.0. The Morgan fingerprint density at radius 2 is 1.68 bits per heavy atom. The van der Waals surface area contributed by atoms with Crippen LogP contribution in [0.3, 0.4) is 0 Å². The first-order valence-electron chi connectivity index (χ1n) is 8.14. The van der Waals surface area contributed by atoms with Gasteiger partial charge in [0, 0.05) is 5.56 Å². The highest BCUT2D eigenvalue weighted by molar-refractivity contribution is 7.91. The van der Waals surface area contributed by atoms with Crippen LogP contribution >= 0.6 is 0 Å². The Morgan fingerprint density at radius 3 is 2.32 bits per heavy atom. The van der Waals surface area contributed by atoms with E-state index in [2.05, 4.69) is 6.07 Å². The van der Waals surface area contributed by atoms with E-state index < -0.39 is 9.84 Å². The van der Waals surface area contributed by atoms with E-state index >= 15 is 0 Å². The third-order valence-electron chi connectivity index (χ3n) is 3.95. The lowest BCUT2D eigenvalue weighted by Crippen LogP contribution is -2.17. The summed E-state index contributed by atoms with van der Waals surface area (Å²) in [5.74, 6) is 0.416. The minimum atomic E-state index is -2.88. The van der Waals surface area contributed by atoms with Crippen LogP contribution in [0.25, 0.3) is 0 Å². The first-order valence-corrected chi connectivity index (χ1v) is 9.86. The van der Waals surface area contributed by atoms with Crippen LogP contribution in [-0.2, 0) is 16.3 Å². The SMILES string of the molecule is CC(=O)c1cccc(CCCCCCCS(=O)(=O)C(C)C)c1. The molecule has 0 fully saturated rings. The van der Waals surface area contributed by atoms with E-state index in [-0.39, 0.29) is 11.0 Å². The number of sulfone groups is 1. The second kappa shape index (κ2) is 9.09. The van der Waals surface area contributed by atoms with Crippen LogP contribution in [0, 0.1) is 0 Å². The number of aryl methyl sites for hydroxylation is 1. The van der Waals surface area contributed by atoms with Crippen LogP contribution in [0.15, 0.2) is 24.3 Å². The van der Waals surface area contributed by atoms with Gasteiger partial charge in [-0.3, -0.25) is 4.79 Å². The van der Waals surface area contributed by atoms with Gasteiger partial charge in [-0.25, -0.2) is 8.42 Å². The van der Waals surface area contributed by atoms with Crippen molar-refractivity contribution in [3.8, 4) is 0 Å². The summed E-state index contributed by atoms with van der Waals surface area (Å²) in [5.41, 5.74) is 1.98. The summed E-state index contributed by atoms with van der Waals surface area (Å²) in [5, 5.41) is -0.263. The van der Waals surface area contributed by atoms with E-state index in [9.17, 15) is 13.2 Å². The van der Waals surface area contributed by atoms with Crippen molar-refractivity contribution >= 4 is 15.6 Å². The molecule has 0 heterocycles. The van der Waals surface area contributed by atoms with Gasteiger partial charge in [0.15, 0.2) is 15.6 Å². The number of rotatable bonds is 10. The molecule has 0 radical (unpaired) electrons. The third-order valence-corrected chi connectivity index (χ3v) is 6.24. The molecule has 0 saturated heterocycles. The van der Waals surface area contributed by atoms with Gasteiger partial charge < -0.3 is 0 Å². The molecule has 1 rings (SSSR count). The standard InChI is InChI=1S/C18H28O3S/c1-15(2)22(20,21)13-8-6-4-5-7-10-17-11-9-12-18(14-17)16(3)19/h9,11-12,14-15H,4-8,10,13H2,1-3H3. The second-order valence-corrected chi connectivity index (χ2v) is 8.87. The summed E-state index contributed by atoms with van der Waals surface area (Å²) >= 11 is 0. The minimum absolute atomic E-state index is 0.105. The van der Waals surface area contributed by atoms with E-state index in [1.807, 2.05) is 18.2 Å². The second-order valence-electron chi connectivity index (χ2n) is 6.19. The average molecular weight is 324 g/mol. The van der Waals surface area contributed by atoms with Gasteiger partial charge in [-0.05, 0) is 51.7 Å². The number of hydrogen-bond acceptors (Lipinski definition) is 3. The molecule has 0 aromatic heterocycles.